The van der Waals surface area contributed by atoms with Gasteiger partial charge in [-0.3, -0.25) is 9.36 Å². The van der Waals surface area contributed by atoms with Crippen molar-refractivity contribution in [1.82, 2.24) is 4.57 Å². The number of thiazole rings is 1. The van der Waals surface area contributed by atoms with Gasteiger partial charge in [-0.15, -0.1) is 0 Å². The normalized spacial score (nSPS) is 14.7. The number of nitrogens with zero attached hydrogens (tertiary/aromatic N) is 2. The van der Waals surface area contributed by atoms with Crippen LogP contribution in [0.4, 0.5) is 0 Å². The molecule has 0 amide bonds. The Labute approximate surface area is 275 Å². The first-order valence-electron chi connectivity index (χ1n) is 15.1. The molecule has 0 saturated carbocycles. The predicted octanol–water partition coefficient (Wildman–Crippen LogP) is 6.97. The Kier molecular flexibility index (Phi) is 9.10. The van der Waals surface area contributed by atoms with E-state index in [9.17, 15) is 9.59 Å². The van der Waals surface area contributed by atoms with E-state index < -0.39 is 12.0 Å². The van der Waals surface area contributed by atoms with Crippen LogP contribution in [0.25, 0.3) is 16.8 Å². The highest BCUT2D eigenvalue weighted by Gasteiger charge is 2.34. The molecule has 1 atom stereocenters. The topological polar surface area (TPSA) is 79.1 Å². The second-order valence-electron chi connectivity index (χ2n) is 11.2. The molecule has 0 fully saturated rings. The van der Waals surface area contributed by atoms with Gasteiger partial charge in [-0.05, 0) is 86.0 Å². The number of ether oxygens (including phenoxy) is 3. The van der Waals surface area contributed by atoms with Crippen molar-refractivity contribution in [3.63, 3.8) is 0 Å². The highest BCUT2D eigenvalue weighted by atomic mass is 35.5. The Bertz CT molecular complexity index is 2130. The smallest absolute Gasteiger partial charge is 0.338 e. The molecule has 46 heavy (non-hydrogen) atoms. The van der Waals surface area contributed by atoms with Crippen molar-refractivity contribution in [2.24, 2.45) is 4.99 Å². The average molecular weight is 653 g/mol. The van der Waals surface area contributed by atoms with Gasteiger partial charge in [-0.25, -0.2) is 9.79 Å². The van der Waals surface area contributed by atoms with E-state index >= 15 is 0 Å². The summed E-state index contributed by atoms with van der Waals surface area (Å²) in [6, 6.07) is 26.1. The molecule has 1 aliphatic heterocycles. The summed E-state index contributed by atoms with van der Waals surface area (Å²) in [5.41, 5.74) is 3.07. The summed E-state index contributed by atoms with van der Waals surface area (Å²) in [6.45, 7) is 8.15. The van der Waals surface area contributed by atoms with E-state index in [1.54, 1.807) is 25.3 Å². The molecule has 0 bridgehead atoms. The van der Waals surface area contributed by atoms with Gasteiger partial charge >= 0.3 is 5.97 Å². The number of carbonyl (C=O) groups excluding carboxylic acids is 1. The monoisotopic (exact) mass is 652 g/mol. The van der Waals surface area contributed by atoms with Crippen molar-refractivity contribution in [1.29, 1.82) is 0 Å². The molecule has 0 radical (unpaired) electrons. The molecule has 0 N–H and O–H groups in total. The second-order valence-corrected chi connectivity index (χ2v) is 12.6. The molecule has 5 aromatic rings. The third-order valence-electron chi connectivity index (χ3n) is 7.60. The minimum atomic E-state index is -0.728. The van der Waals surface area contributed by atoms with Gasteiger partial charge in [0.15, 0.2) is 4.80 Å². The Morgan fingerprint density at radius 3 is 2.46 bits per heavy atom. The molecular weight excluding hydrogens is 620 g/mol. The van der Waals surface area contributed by atoms with Gasteiger partial charge in [-0.1, -0.05) is 77.5 Å². The highest BCUT2D eigenvalue weighted by Crippen LogP contribution is 2.33. The average Bonchev–Trinajstić information content (AvgIpc) is 3.34. The molecule has 0 spiro atoms. The number of esters is 1. The fraction of sp³-hybridized carbons (Fsp3) is 0.216. The molecule has 1 aromatic heterocycles. The molecule has 1 aliphatic rings. The minimum absolute atomic E-state index is 0.262. The van der Waals surface area contributed by atoms with Crippen LogP contribution in [0.15, 0.2) is 106 Å². The van der Waals surface area contributed by atoms with Crippen LogP contribution in [0.1, 0.15) is 50.4 Å². The zero-order valence-corrected chi connectivity index (χ0v) is 27.5. The first-order valence-corrected chi connectivity index (χ1v) is 16.3. The van der Waals surface area contributed by atoms with Crippen molar-refractivity contribution in [3.8, 4) is 11.5 Å². The fourth-order valence-electron chi connectivity index (χ4n) is 5.51. The lowest BCUT2D eigenvalue weighted by molar-refractivity contribution is -0.143. The summed E-state index contributed by atoms with van der Waals surface area (Å²) in [7, 11) is 0. The largest absolute Gasteiger partial charge is 0.494 e. The Morgan fingerprint density at radius 1 is 1.00 bits per heavy atom. The van der Waals surface area contributed by atoms with Gasteiger partial charge in [0.1, 0.15) is 18.1 Å². The zero-order chi connectivity index (χ0) is 32.4. The summed E-state index contributed by atoms with van der Waals surface area (Å²) in [6.07, 6.45) is 1.53. The highest BCUT2D eigenvalue weighted by molar-refractivity contribution is 7.07. The molecule has 0 saturated heterocycles. The van der Waals surface area contributed by atoms with Crippen LogP contribution in [0.2, 0.25) is 5.02 Å². The van der Waals surface area contributed by atoms with Gasteiger partial charge in [0.05, 0.1) is 34.6 Å². The second kappa shape index (κ2) is 13.4. The first kappa shape index (κ1) is 31.3. The Balaban J connectivity index is 1.50. The van der Waals surface area contributed by atoms with Gasteiger partial charge in [0, 0.05) is 10.6 Å². The molecule has 7 nitrogen and oxygen atoms in total. The van der Waals surface area contributed by atoms with Crippen molar-refractivity contribution in [2.45, 2.75) is 46.4 Å². The van der Waals surface area contributed by atoms with Crippen LogP contribution in [-0.4, -0.2) is 23.2 Å². The van der Waals surface area contributed by atoms with Crippen LogP contribution in [-0.2, 0) is 16.1 Å². The van der Waals surface area contributed by atoms with E-state index in [-0.39, 0.29) is 11.7 Å². The number of benzene rings is 4. The molecule has 2 heterocycles. The van der Waals surface area contributed by atoms with Crippen molar-refractivity contribution in [3.05, 3.63) is 138 Å². The lowest BCUT2D eigenvalue weighted by Gasteiger charge is -2.25. The SMILES string of the molecule is CCOc1ccc([C@@H]2C(C(=O)OC(C)C)=C(C)N=c3s/c(=C/c4c(OCc5ccc(Cl)cc5)ccc5ccccc45)c(=O)n32)cc1. The number of allylic oxidation sites excluding steroid dienone is 1. The lowest BCUT2D eigenvalue weighted by atomic mass is 9.95. The van der Waals surface area contributed by atoms with Crippen LogP contribution < -0.4 is 24.4 Å². The van der Waals surface area contributed by atoms with E-state index in [0.717, 1.165) is 27.5 Å². The maximum absolute atomic E-state index is 14.4. The first-order chi connectivity index (χ1) is 22.2. The zero-order valence-electron chi connectivity index (χ0n) is 26.0. The number of rotatable bonds is 9. The third kappa shape index (κ3) is 6.36. The molecule has 9 heteroatoms. The number of aromatic nitrogens is 1. The number of halogens is 1. The summed E-state index contributed by atoms with van der Waals surface area (Å²) in [5.74, 6) is 0.837. The van der Waals surface area contributed by atoms with Crippen molar-refractivity contribution < 1.29 is 19.0 Å². The van der Waals surface area contributed by atoms with Crippen LogP contribution in [0.3, 0.4) is 0 Å². The summed E-state index contributed by atoms with van der Waals surface area (Å²) in [5, 5.41) is 2.62. The van der Waals surface area contributed by atoms with E-state index in [1.165, 1.54) is 11.3 Å². The maximum Gasteiger partial charge on any atom is 0.338 e. The Morgan fingerprint density at radius 2 is 1.74 bits per heavy atom. The molecule has 0 aliphatic carbocycles. The molecule has 6 rings (SSSR count). The van der Waals surface area contributed by atoms with Crippen LogP contribution in [0.5, 0.6) is 11.5 Å². The van der Waals surface area contributed by atoms with E-state index in [1.807, 2.05) is 97.9 Å². The minimum Gasteiger partial charge on any atom is -0.494 e. The van der Waals surface area contributed by atoms with Gasteiger partial charge in [0.2, 0.25) is 0 Å². The predicted molar refractivity (Wildman–Crippen MR) is 182 cm³/mol. The molecule has 4 aromatic carbocycles. The van der Waals surface area contributed by atoms with E-state index in [0.29, 0.717) is 50.3 Å². The standard InChI is InChI=1S/C37H33ClN2O5S/c1-5-43-28-17-12-26(13-18-28)34-33(36(42)45-22(2)3)23(4)39-37-40(34)35(41)32(46-37)20-30-29-9-7-6-8-25(29)14-19-31(30)44-21-24-10-15-27(38)16-11-24/h6-20,22,34H,5,21H2,1-4H3/b32-20+/t34-/m1/s1. The quantitative estimate of drug-likeness (QED) is 0.161. The van der Waals surface area contributed by atoms with Crippen LogP contribution in [0, 0.1) is 0 Å². The van der Waals surface area contributed by atoms with Gasteiger partial charge < -0.3 is 14.2 Å². The van der Waals surface area contributed by atoms with Gasteiger partial charge in [-0.2, -0.15) is 0 Å². The van der Waals surface area contributed by atoms with Crippen LogP contribution >= 0.6 is 22.9 Å². The number of hydrogen-bond donors (Lipinski definition) is 0. The maximum atomic E-state index is 14.4. The third-order valence-corrected chi connectivity index (χ3v) is 8.84. The van der Waals surface area contributed by atoms with E-state index in [4.69, 9.17) is 30.8 Å². The molecule has 0 unspecified atom stereocenters. The lowest BCUT2D eigenvalue weighted by Crippen LogP contribution is -2.40. The van der Waals surface area contributed by atoms with Crippen molar-refractivity contribution in [2.75, 3.05) is 6.61 Å². The molecular formula is C37H33ClN2O5S. The summed E-state index contributed by atoms with van der Waals surface area (Å²) < 4.78 is 19.7. The fourth-order valence-corrected chi connectivity index (χ4v) is 6.67. The van der Waals surface area contributed by atoms with Gasteiger partial charge in [0.25, 0.3) is 5.56 Å². The number of carbonyl (C=O) groups is 1. The number of hydrogen-bond acceptors (Lipinski definition) is 7. The summed E-state index contributed by atoms with van der Waals surface area (Å²) >= 11 is 7.35. The number of fused-ring (bicyclic) bond motifs is 2. The van der Waals surface area contributed by atoms with E-state index in [2.05, 4.69) is 0 Å². The molecule has 234 valence electrons. The summed E-state index contributed by atoms with van der Waals surface area (Å²) in [4.78, 5) is 33.1. The Hall–Kier alpha value is -4.66. The van der Waals surface area contributed by atoms with Crippen molar-refractivity contribution >= 4 is 45.8 Å².